The minimum absolute atomic E-state index is 0.0606. The Kier molecular flexibility index (Phi) is 3.97. The van der Waals surface area contributed by atoms with Gasteiger partial charge in [-0.1, -0.05) is 25.0 Å². The zero-order valence-corrected chi connectivity index (χ0v) is 13.2. The summed E-state index contributed by atoms with van der Waals surface area (Å²) in [5, 5.41) is 0. The van der Waals surface area contributed by atoms with Gasteiger partial charge in [-0.2, -0.15) is 0 Å². The fraction of sp³-hybridized carbons (Fsp3) is 0.625. The van der Waals surface area contributed by atoms with Crippen LogP contribution in [0.5, 0.6) is 0 Å². The maximum Gasteiger partial charge on any atom is 0.218 e. The van der Waals surface area contributed by atoms with Crippen molar-refractivity contribution in [3.63, 3.8) is 0 Å². The predicted octanol–water partition coefficient (Wildman–Crippen LogP) is 2.75. The highest BCUT2D eigenvalue weighted by Gasteiger charge is 2.39. The van der Waals surface area contributed by atoms with Crippen LogP contribution in [0.25, 0.3) is 0 Å². The van der Waals surface area contributed by atoms with Gasteiger partial charge in [-0.25, -0.2) is 12.7 Å². The van der Waals surface area contributed by atoms with E-state index in [-0.39, 0.29) is 5.75 Å². The average molecular weight is 308 g/mol. The van der Waals surface area contributed by atoms with Crippen LogP contribution in [0.2, 0.25) is 0 Å². The number of nitrogens with zero attached hydrogens (tertiary/aromatic N) is 1. The molecule has 1 heterocycles. The lowest BCUT2D eigenvalue weighted by Crippen LogP contribution is -2.42. The minimum atomic E-state index is -3.22. The first-order chi connectivity index (χ1) is 9.99. The maximum atomic E-state index is 12.6. The van der Waals surface area contributed by atoms with E-state index < -0.39 is 10.0 Å². The number of nitrogen functional groups attached to an aromatic ring is 1. The molecular formula is C16H24N2O2S. The van der Waals surface area contributed by atoms with E-state index >= 15 is 0 Å². The molecule has 3 rings (SSSR count). The van der Waals surface area contributed by atoms with Crippen LogP contribution >= 0.6 is 0 Å². The number of hydrogen-bond donors (Lipinski definition) is 1. The number of rotatable bonds is 3. The Morgan fingerprint density at radius 2 is 1.76 bits per heavy atom. The summed E-state index contributed by atoms with van der Waals surface area (Å²) in [7, 11) is -3.22. The first-order valence-electron chi connectivity index (χ1n) is 7.81. The van der Waals surface area contributed by atoms with Crippen LogP contribution in [0.1, 0.15) is 44.1 Å². The SMILES string of the molecule is Nc1cccc(CS(=O)(=O)N2CCC3(CCCC3)CC2)c1. The summed E-state index contributed by atoms with van der Waals surface area (Å²) in [6.45, 7) is 1.37. The first kappa shape index (κ1) is 14.9. The second-order valence-electron chi connectivity index (χ2n) is 6.61. The van der Waals surface area contributed by atoms with Gasteiger partial charge in [0.25, 0.3) is 0 Å². The summed E-state index contributed by atoms with van der Waals surface area (Å²) in [6, 6.07) is 7.17. The van der Waals surface area contributed by atoms with Crippen molar-refractivity contribution in [3.8, 4) is 0 Å². The molecule has 1 aromatic rings. The molecule has 1 spiro atoms. The summed E-state index contributed by atoms with van der Waals surface area (Å²) in [6.07, 6.45) is 7.27. The van der Waals surface area contributed by atoms with E-state index in [1.807, 2.05) is 12.1 Å². The number of sulfonamides is 1. The molecule has 0 radical (unpaired) electrons. The van der Waals surface area contributed by atoms with Crippen LogP contribution in [0.4, 0.5) is 5.69 Å². The molecule has 1 aliphatic carbocycles. The highest BCUT2D eigenvalue weighted by atomic mass is 32.2. The smallest absolute Gasteiger partial charge is 0.218 e. The van der Waals surface area contributed by atoms with Crippen LogP contribution in [0.15, 0.2) is 24.3 Å². The van der Waals surface area contributed by atoms with Gasteiger partial charge in [-0.05, 0) is 48.8 Å². The lowest BCUT2D eigenvalue weighted by atomic mass is 9.78. The molecular weight excluding hydrogens is 284 g/mol. The Balaban J connectivity index is 1.66. The van der Waals surface area contributed by atoms with Gasteiger partial charge in [0.2, 0.25) is 10.0 Å². The Morgan fingerprint density at radius 1 is 1.10 bits per heavy atom. The van der Waals surface area contributed by atoms with Crippen molar-refractivity contribution in [2.75, 3.05) is 18.8 Å². The van der Waals surface area contributed by atoms with Gasteiger partial charge in [0, 0.05) is 18.8 Å². The molecule has 0 amide bonds. The van der Waals surface area contributed by atoms with E-state index in [4.69, 9.17) is 5.73 Å². The number of benzene rings is 1. The zero-order chi connectivity index (χ0) is 14.9. The summed E-state index contributed by atoms with van der Waals surface area (Å²) in [5.41, 5.74) is 7.56. The number of nitrogens with two attached hydrogens (primary N) is 1. The fourth-order valence-corrected chi connectivity index (χ4v) is 5.37. The number of hydrogen-bond acceptors (Lipinski definition) is 3. The minimum Gasteiger partial charge on any atom is -0.399 e. The molecule has 5 heteroatoms. The molecule has 0 bridgehead atoms. The van der Waals surface area contributed by atoms with Crippen molar-refractivity contribution in [1.29, 1.82) is 0 Å². The molecule has 0 unspecified atom stereocenters. The lowest BCUT2D eigenvalue weighted by Gasteiger charge is -2.38. The van der Waals surface area contributed by atoms with Crippen molar-refractivity contribution < 1.29 is 8.42 Å². The summed E-state index contributed by atoms with van der Waals surface area (Å²) in [4.78, 5) is 0. The van der Waals surface area contributed by atoms with Gasteiger partial charge >= 0.3 is 0 Å². The molecule has 1 saturated heterocycles. The van der Waals surface area contributed by atoms with Gasteiger partial charge < -0.3 is 5.73 Å². The average Bonchev–Trinajstić information content (AvgIpc) is 2.87. The van der Waals surface area contributed by atoms with Gasteiger partial charge in [0.05, 0.1) is 5.75 Å². The Hall–Kier alpha value is -1.07. The highest BCUT2D eigenvalue weighted by Crippen LogP contribution is 2.46. The maximum absolute atomic E-state index is 12.6. The topological polar surface area (TPSA) is 63.4 Å². The van der Waals surface area contributed by atoms with Crippen molar-refractivity contribution in [2.45, 2.75) is 44.3 Å². The van der Waals surface area contributed by atoms with E-state index in [2.05, 4.69) is 0 Å². The largest absolute Gasteiger partial charge is 0.399 e. The lowest BCUT2D eigenvalue weighted by molar-refractivity contribution is 0.160. The molecule has 21 heavy (non-hydrogen) atoms. The Morgan fingerprint density at radius 3 is 2.38 bits per heavy atom. The Labute approximate surface area is 127 Å². The second-order valence-corrected chi connectivity index (χ2v) is 8.58. The first-order valence-corrected chi connectivity index (χ1v) is 9.42. The molecule has 0 aromatic heterocycles. The number of anilines is 1. The monoisotopic (exact) mass is 308 g/mol. The molecule has 1 aliphatic heterocycles. The number of piperidine rings is 1. The normalized spacial score (nSPS) is 22.7. The van der Waals surface area contributed by atoms with Crippen molar-refractivity contribution in [2.24, 2.45) is 5.41 Å². The zero-order valence-electron chi connectivity index (χ0n) is 12.4. The Bertz CT molecular complexity index is 596. The van der Waals surface area contributed by atoms with Gasteiger partial charge in [0.15, 0.2) is 0 Å². The molecule has 1 saturated carbocycles. The van der Waals surface area contributed by atoms with Gasteiger partial charge in [0.1, 0.15) is 0 Å². The third-order valence-electron chi connectivity index (χ3n) is 5.14. The molecule has 2 aliphatic rings. The van der Waals surface area contributed by atoms with Gasteiger partial charge in [-0.3, -0.25) is 0 Å². The van der Waals surface area contributed by atoms with Crippen LogP contribution in [-0.2, 0) is 15.8 Å². The quantitative estimate of drug-likeness (QED) is 0.873. The molecule has 1 aromatic carbocycles. The van der Waals surface area contributed by atoms with Gasteiger partial charge in [-0.15, -0.1) is 0 Å². The van der Waals surface area contributed by atoms with Crippen molar-refractivity contribution in [1.82, 2.24) is 4.31 Å². The van der Waals surface area contributed by atoms with Crippen molar-refractivity contribution in [3.05, 3.63) is 29.8 Å². The molecule has 4 nitrogen and oxygen atoms in total. The molecule has 2 fully saturated rings. The molecule has 0 atom stereocenters. The standard InChI is InChI=1S/C16H24N2O2S/c17-15-5-3-4-14(12-15)13-21(19,20)18-10-8-16(9-11-18)6-1-2-7-16/h3-5,12H,1-2,6-11,13,17H2. The second kappa shape index (κ2) is 5.61. The van der Waals surface area contributed by atoms with Crippen molar-refractivity contribution >= 4 is 15.7 Å². The van der Waals surface area contributed by atoms with Crippen LogP contribution < -0.4 is 5.73 Å². The summed E-state index contributed by atoms with van der Waals surface area (Å²) in [5.74, 6) is 0.0606. The highest BCUT2D eigenvalue weighted by molar-refractivity contribution is 7.88. The van der Waals surface area contributed by atoms with E-state index in [0.29, 0.717) is 24.2 Å². The van der Waals surface area contributed by atoms with E-state index in [0.717, 1.165) is 18.4 Å². The predicted molar refractivity (Wildman–Crippen MR) is 85.2 cm³/mol. The van der Waals surface area contributed by atoms with E-state index in [1.54, 1.807) is 16.4 Å². The molecule has 116 valence electrons. The third-order valence-corrected chi connectivity index (χ3v) is 6.99. The van der Waals surface area contributed by atoms with Crippen LogP contribution in [-0.4, -0.2) is 25.8 Å². The van der Waals surface area contributed by atoms with Crippen LogP contribution in [0.3, 0.4) is 0 Å². The summed E-state index contributed by atoms with van der Waals surface area (Å²) >= 11 is 0. The molecule has 2 N–H and O–H groups in total. The van der Waals surface area contributed by atoms with E-state index in [9.17, 15) is 8.42 Å². The summed E-state index contributed by atoms with van der Waals surface area (Å²) < 4.78 is 26.8. The van der Waals surface area contributed by atoms with E-state index in [1.165, 1.54) is 25.7 Å². The van der Waals surface area contributed by atoms with Crippen LogP contribution in [0, 0.1) is 5.41 Å². The fourth-order valence-electron chi connectivity index (χ4n) is 3.85. The third kappa shape index (κ3) is 3.24.